The Labute approximate surface area is 168 Å². The number of likely N-dealkylation sites (tertiary alicyclic amines) is 1. The highest BCUT2D eigenvalue weighted by molar-refractivity contribution is 5.85. The monoisotopic (exact) mass is 388 g/mol. The van der Waals surface area contributed by atoms with E-state index >= 15 is 0 Å². The first kappa shape index (κ1) is 21.3. The number of nitrogens with zero attached hydrogens (tertiary/aromatic N) is 2. The van der Waals surface area contributed by atoms with Crippen LogP contribution in [0.1, 0.15) is 25.7 Å². The molecule has 4 nitrogen and oxygen atoms in total. The van der Waals surface area contributed by atoms with Crippen LogP contribution in [-0.2, 0) is 4.79 Å². The van der Waals surface area contributed by atoms with Gasteiger partial charge in [-0.2, -0.15) is 0 Å². The first-order chi connectivity index (χ1) is 12.7. The van der Waals surface area contributed by atoms with Gasteiger partial charge in [0.15, 0.2) is 0 Å². The van der Waals surface area contributed by atoms with Crippen molar-refractivity contribution >= 4 is 29.8 Å². The van der Waals surface area contributed by atoms with Gasteiger partial charge in [0.2, 0.25) is 0 Å². The molecule has 0 spiro atoms. The van der Waals surface area contributed by atoms with Crippen LogP contribution in [0.25, 0.3) is 0 Å². The molecule has 3 rings (SSSR count). The van der Waals surface area contributed by atoms with E-state index in [1.54, 1.807) is 0 Å². The minimum absolute atomic E-state index is 0. The number of carboxylic acids is 1. The topological polar surface area (TPSA) is 43.8 Å². The molecule has 0 bridgehead atoms. The second-order valence-corrected chi connectivity index (χ2v) is 7.01. The SMILES string of the molecule is Cl.O=C(O)[C@@H]1CCCN(CCCCN(c2ccccc2)c2ccccc2)C1. The maximum absolute atomic E-state index is 11.2. The van der Waals surface area contributed by atoms with Gasteiger partial charge in [-0.05, 0) is 63.0 Å². The summed E-state index contributed by atoms with van der Waals surface area (Å²) in [6, 6.07) is 21.0. The number of benzene rings is 2. The molecule has 1 fully saturated rings. The van der Waals surface area contributed by atoms with E-state index in [-0.39, 0.29) is 18.3 Å². The van der Waals surface area contributed by atoms with E-state index in [0.717, 1.165) is 45.3 Å². The van der Waals surface area contributed by atoms with Gasteiger partial charge in [0.05, 0.1) is 5.92 Å². The largest absolute Gasteiger partial charge is 0.481 e. The van der Waals surface area contributed by atoms with Crippen LogP contribution in [0.2, 0.25) is 0 Å². The second kappa shape index (κ2) is 11.0. The Hall–Kier alpha value is -2.04. The Kier molecular flexibility index (Phi) is 8.62. The number of hydrogen-bond acceptors (Lipinski definition) is 3. The highest BCUT2D eigenvalue weighted by Gasteiger charge is 2.24. The number of halogens is 1. The summed E-state index contributed by atoms with van der Waals surface area (Å²) < 4.78 is 0. The number of piperidine rings is 1. The molecular formula is C22H29ClN2O2. The van der Waals surface area contributed by atoms with E-state index < -0.39 is 5.97 Å². The van der Waals surface area contributed by atoms with E-state index in [2.05, 4.69) is 58.3 Å². The normalized spacial score (nSPS) is 17.1. The molecular weight excluding hydrogens is 360 g/mol. The quantitative estimate of drug-likeness (QED) is 0.658. The fourth-order valence-electron chi connectivity index (χ4n) is 3.69. The highest BCUT2D eigenvalue weighted by atomic mass is 35.5. The van der Waals surface area contributed by atoms with Crippen LogP contribution in [0.4, 0.5) is 11.4 Å². The van der Waals surface area contributed by atoms with Gasteiger partial charge in [-0.25, -0.2) is 0 Å². The van der Waals surface area contributed by atoms with Gasteiger partial charge in [0.25, 0.3) is 0 Å². The van der Waals surface area contributed by atoms with Gasteiger partial charge in [-0.15, -0.1) is 12.4 Å². The molecule has 1 aliphatic rings. The number of hydrogen-bond donors (Lipinski definition) is 1. The van der Waals surface area contributed by atoms with Crippen molar-refractivity contribution in [3.63, 3.8) is 0 Å². The molecule has 146 valence electrons. The van der Waals surface area contributed by atoms with Crippen LogP contribution < -0.4 is 4.90 Å². The predicted octanol–water partition coefficient (Wildman–Crippen LogP) is 4.82. The molecule has 1 saturated heterocycles. The van der Waals surface area contributed by atoms with E-state index in [1.165, 1.54) is 11.4 Å². The third-order valence-corrected chi connectivity index (χ3v) is 5.10. The molecule has 0 unspecified atom stereocenters. The van der Waals surface area contributed by atoms with Crippen LogP contribution in [0.5, 0.6) is 0 Å². The number of para-hydroxylation sites is 2. The van der Waals surface area contributed by atoms with E-state index in [9.17, 15) is 9.90 Å². The minimum atomic E-state index is -0.644. The summed E-state index contributed by atoms with van der Waals surface area (Å²) in [5.41, 5.74) is 2.42. The molecule has 1 heterocycles. The van der Waals surface area contributed by atoms with Crippen LogP contribution in [0, 0.1) is 5.92 Å². The lowest BCUT2D eigenvalue weighted by atomic mass is 9.98. The fraction of sp³-hybridized carbons (Fsp3) is 0.409. The molecule has 0 amide bonds. The number of carboxylic acid groups (broad SMARTS) is 1. The smallest absolute Gasteiger partial charge is 0.307 e. The van der Waals surface area contributed by atoms with Crippen molar-refractivity contribution in [1.29, 1.82) is 0 Å². The molecule has 2 aromatic rings. The summed E-state index contributed by atoms with van der Waals surface area (Å²) in [6.45, 7) is 3.69. The average Bonchev–Trinajstić information content (AvgIpc) is 2.69. The number of carbonyl (C=O) groups is 1. The fourth-order valence-corrected chi connectivity index (χ4v) is 3.69. The maximum atomic E-state index is 11.2. The second-order valence-electron chi connectivity index (χ2n) is 7.01. The zero-order valence-corrected chi connectivity index (χ0v) is 16.5. The third-order valence-electron chi connectivity index (χ3n) is 5.10. The predicted molar refractivity (Wildman–Crippen MR) is 113 cm³/mol. The summed E-state index contributed by atoms with van der Waals surface area (Å²) in [6.07, 6.45) is 3.99. The van der Waals surface area contributed by atoms with E-state index in [0.29, 0.717) is 6.54 Å². The van der Waals surface area contributed by atoms with Crippen molar-refractivity contribution in [3.8, 4) is 0 Å². The van der Waals surface area contributed by atoms with E-state index in [4.69, 9.17) is 0 Å². The Morgan fingerprint density at radius 1 is 1.00 bits per heavy atom. The van der Waals surface area contributed by atoms with Crippen LogP contribution in [-0.4, -0.2) is 42.2 Å². The summed E-state index contributed by atoms with van der Waals surface area (Å²) in [7, 11) is 0. The maximum Gasteiger partial charge on any atom is 0.307 e. The van der Waals surface area contributed by atoms with Gasteiger partial charge in [-0.3, -0.25) is 4.79 Å². The zero-order chi connectivity index (χ0) is 18.2. The summed E-state index contributed by atoms with van der Waals surface area (Å²) in [5.74, 6) is -0.831. The third kappa shape index (κ3) is 6.26. The number of aliphatic carboxylic acids is 1. The first-order valence-electron chi connectivity index (χ1n) is 9.57. The molecule has 1 aliphatic heterocycles. The van der Waals surface area contributed by atoms with E-state index in [1.807, 2.05) is 12.1 Å². The lowest BCUT2D eigenvalue weighted by Crippen LogP contribution is -2.39. The Balaban J connectivity index is 0.00000261. The summed E-state index contributed by atoms with van der Waals surface area (Å²) in [4.78, 5) is 15.9. The van der Waals surface area contributed by atoms with Crippen molar-refractivity contribution in [2.45, 2.75) is 25.7 Å². The summed E-state index contributed by atoms with van der Waals surface area (Å²) >= 11 is 0. The highest BCUT2D eigenvalue weighted by Crippen LogP contribution is 2.25. The van der Waals surface area contributed by atoms with Crippen molar-refractivity contribution in [2.75, 3.05) is 31.1 Å². The van der Waals surface area contributed by atoms with Gasteiger partial charge >= 0.3 is 5.97 Å². The minimum Gasteiger partial charge on any atom is -0.481 e. The lowest BCUT2D eigenvalue weighted by Gasteiger charge is -2.31. The number of unbranched alkanes of at least 4 members (excludes halogenated alkanes) is 1. The molecule has 0 aliphatic carbocycles. The van der Waals surface area contributed by atoms with Crippen LogP contribution in [0.15, 0.2) is 60.7 Å². The van der Waals surface area contributed by atoms with Crippen molar-refractivity contribution in [3.05, 3.63) is 60.7 Å². The molecule has 1 atom stereocenters. The Morgan fingerprint density at radius 2 is 1.59 bits per heavy atom. The van der Waals surface area contributed by atoms with Crippen molar-refractivity contribution < 1.29 is 9.90 Å². The molecule has 0 radical (unpaired) electrons. The average molecular weight is 389 g/mol. The Bertz CT molecular complexity index is 642. The Morgan fingerprint density at radius 3 is 2.15 bits per heavy atom. The first-order valence-corrected chi connectivity index (χ1v) is 9.57. The molecule has 2 aromatic carbocycles. The standard InChI is InChI=1S/C22H28N2O2.ClH/c25-22(26)19-10-9-16-23(18-19)15-7-8-17-24(20-11-3-1-4-12-20)21-13-5-2-6-14-21;/h1-6,11-14,19H,7-10,15-18H2,(H,25,26);1H/t19-;/m1./s1. The van der Waals surface area contributed by atoms with Crippen molar-refractivity contribution in [2.24, 2.45) is 5.92 Å². The zero-order valence-electron chi connectivity index (χ0n) is 15.7. The van der Waals surface area contributed by atoms with Gasteiger partial charge < -0.3 is 14.9 Å². The molecule has 27 heavy (non-hydrogen) atoms. The molecule has 5 heteroatoms. The molecule has 0 aromatic heterocycles. The van der Waals surface area contributed by atoms with Crippen LogP contribution >= 0.6 is 12.4 Å². The number of rotatable bonds is 8. The molecule has 1 N–H and O–H groups in total. The van der Waals surface area contributed by atoms with Gasteiger partial charge in [-0.1, -0.05) is 36.4 Å². The van der Waals surface area contributed by atoms with Crippen LogP contribution in [0.3, 0.4) is 0 Å². The summed E-state index contributed by atoms with van der Waals surface area (Å²) in [5, 5.41) is 9.22. The molecule has 0 saturated carbocycles. The van der Waals surface area contributed by atoms with Crippen molar-refractivity contribution in [1.82, 2.24) is 4.90 Å². The number of anilines is 2. The van der Waals surface area contributed by atoms with Gasteiger partial charge in [0.1, 0.15) is 0 Å². The lowest BCUT2D eigenvalue weighted by molar-refractivity contribution is -0.143. The van der Waals surface area contributed by atoms with Gasteiger partial charge in [0, 0.05) is 24.5 Å².